The number of carbonyl (C=O) groups excluding carboxylic acids is 2. The van der Waals surface area contributed by atoms with Gasteiger partial charge in [0, 0.05) is 26.4 Å². The van der Waals surface area contributed by atoms with Crippen LogP contribution in [0, 0.1) is 13.8 Å². The molecule has 5 heteroatoms. The van der Waals surface area contributed by atoms with Crippen LogP contribution in [-0.4, -0.2) is 36.0 Å². The van der Waals surface area contributed by atoms with E-state index in [2.05, 4.69) is 17.2 Å². The van der Waals surface area contributed by atoms with Gasteiger partial charge in [0.15, 0.2) is 0 Å². The molecular formula is C23H27N3O2. The van der Waals surface area contributed by atoms with Gasteiger partial charge in [0.2, 0.25) is 5.91 Å². The number of benzene rings is 2. The maximum atomic E-state index is 12.8. The lowest BCUT2D eigenvalue weighted by Crippen LogP contribution is -2.40. The molecule has 1 aliphatic rings. The summed E-state index contributed by atoms with van der Waals surface area (Å²) in [6.45, 7) is 4.58. The summed E-state index contributed by atoms with van der Waals surface area (Å²) < 4.78 is 0. The lowest BCUT2D eigenvalue weighted by Gasteiger charge is -2.26. The Hall–Kier alpha value is -2.95. The number of rotatable bonds is 6. The number of amides is 2. The molecule has 0 unspecified atom stereocenters. The van der Waals surface area contributed by atoms with Crippen molar-refractivity contribution in [1.82, 2.24) is 4.90 Å². The molecule has 0 saturated carbocycles. The average molecular weight is 377 g/mol. The zero-order valence-electron chi connectivity index (χ0n) is 16.8. The van der Waals surface area contributed by atoms with E-state index in [1.54, 1.807) is 11.9 Å². The van der Waals surface area contributed by atoms with Crippen molar-refractivity contribution >= 4 is 23.2 Å². The molecule has 0 N–H and O–H groups in total. The minimum Gasteiger partial charge on any atom is -0.341 e. The number of nitrogens with zero attached hydrogens (tertiary/aromatic N) is 3. The highest BCUT2D eigenvalue weighted by Crippen LogP contribution is 2.25. The van der Waals surface area contributed by atoms with Crippen LogP contribution in [0.2, 0.25) is 0 Å². The number of hydrogen-bond acceptors (Lipinski definition) is 3. The van der Waals surface area contributed by atoms with Crippen molar-refractivity contribution in [3.63, 3.8) is 0 Å². The minimum atomic E-state index is -0.101. The molecule has 28 heavy (non-hydrogen) atoms. The largest absolute Gasteiger partial charge is 0.341 e. The summed E-state index contributed by atoms with van der Waals surface area (Å²) in [4.78, 5) is 27.0. The van der Waals surface area contributed by atoms with Crippen LogP contribution in [0.3, 0.4) is 0 Å². The van der Waals surface area contributed by atoms with E-state index in [1.165, 1.54) is 10.6 Å². The third-order valence-electron chi connectivity index (χ3n) is 5.02. The van der Waals surface area contributed by atoms with Crippen molar-refractivity contribution in [2.75, 3.05) is 18.6 Å². The molecule has 0 spiro atoms. The van der Waals surface area contributed by atoms with Crippen LogP contribution in [-0.2, 0) is 16.0 Å². The van der Waals surface area contributed by atoms with Gasteiger partial charge in [0.25, 0.3) is 5.91 Å². The summed E-state index contributed by atoms with van der Waals surface area (Å²) in [5.74, 6) is -0.173. The first-order chi connectivity index (χ1) is 13.5. The second kappa shape index (κ2) is 8.83. The van der Waals surface area contributed by atoms with Gasteiger partial charge in [0.1, 0.15) is 5.71 Å². The smallest absolute Gasteiger partial charge is 0.269 e. The molecule has 146 valence electrons. The number of anilines is 1. The van der Waals surface area contributed by atoms with E-state index in [0.717, 1.165) is 29.7 Å². The van der Waals surface area contributed by atoms with E-state index in [4.69, 9.17) is 0 Å². The number of aryl methyl sites for hydroxylation is 3. The molecule has 1 aliphatic heterocycles. The SMILES string of the molecule is Cc1ccc(C)c(N2N=C(C(=O)N(C)CCCc3ccccc3)CCC2=O)c1. The van der Waals surface area contributed by atoms with Gasteiger partial charge in [-0.15, -0.1) is 0 Å². The molecule has 0 atom stereocenters. The highest BCUT2D eigenvalue weighted by Gasteiger charge is 2.27. The summed E-state index contributed by atoms with van der Waals surface area (Å²) in [5, 5.41) is 5.83. The first-order valence-electron chi connectivity index (χ1n) is 9.73. The Morgan fingerprint density at radius 1 is 1.11 bits per heavy atom. The van der Waals surface area contributed by atoms with E-state index in [0.29, 0.717) is 25.1 Å². The fourth-order valence-electron chi connectivity index (χ4n) is 3.33. The Morgan fingerprint density at radius 3 is 2.61 bits per heavy atom. The first-order valence-corrected chi connectivity index (χ1v) is 9.73. The van der Waals surface area contributed by atoms with Crippen molar-refractivity contribution < 1.29 is 9.59 Å². The molecule has 2 aromatic rings. The van der Waals surface area contributed by atoms with Gasteiger partial charge in [-0.3, -0.25) is 9.59 Å². The average Bonchev–Trinajstić information content (AvgIpc) is 2.70. The van der Waals surface area contributed by atoms with Crippen LogP contribution in [0.1, 0.15) is 36.0 Å². The molecule has 0 saturated heterocycles. The first kappa shape index (κ1) is 19.8. The topological polar surface area (TPSA) is 53.0 Å². The molecule has 2 amide bonds. The third-order valence-corrected chi connectivity index (χ3v) is 5.02. The Labute approximate surface area is 166 Å². The van der Waals surface area contributed by atoms with Gasteiger partial charge >= 0.3 is 0 Å². The van der Waals surface area contributed by atoms with Crippen molar-refractivity contribution in [3.05, 3.63) is 65.2 Å². The number of carbonyl (C=O) groups is 2. The Bertz CT molecular complexity index is 890. The summed E-state index contributed by atoms with van der Waals surface area (Å²) in [7, 11) is 1.80. The van der Waals surface area contributed by atoms with Crippen LogP contribution in [0.15, 0.2) is 53.6 Å². The van der Waals surface area contributed by atoms with E-state index in [-0.39, 0.29) is 11.8 Å². The molecule has 2 aromatic carbocycles. The Morgan fingerprint density at radius 2 is 1.86 bits per heavy atom. The number of hydrogen-bond donors (Lipinski definition) is 0. The van der Waals surface area contributed by atoms with E-state index in [1.807, 2.05) is 50.2 Å². The highest BCUT2D eigenvalue weighted by molar-refractivity contribution is 6.40. The normalized spacial score (nSPS) is 14.0. The molecule has 0 aromatic heterocycles. The fourth-order valence-corrected chi connectivity index (χ4v) is 3.33. The molecule has 0 bridgehead atoms. The van der Waals surface area contributed by atoms with Gasteiger partial charge in [0.05, 0.1) is 5.69 Å². The molecule has 0 aliphatic carbocycles. The van der Waals surface area contributed by atoms with Crippen LogP contribution >= 0.6 is 0 Å². The van der Waals surface area contributed by atoms with Crippen molar-refractivity contribution in [2.45, 2.75) is 39.5 Å². The summed E-state index contributed by atoms with van der Waals surface area (Å²) in [5.41, 5.74) is 4.49. The predicted octanol–water partition coefficient (Wildman–Crippen LogP) is 3.88. The van der Waals surface area contributed by atoms with Crippen LogP contribution in [0.25, 0.3) is 0 Å². The van der Waals surface area contributed by atoms with Gasteiger partial charge in [-0.2, -0.15) is 5.10 Å². The van der Waals surface area contributed by atoms with Gasteiger partial charge in [-0.1, -0.05) is 42.5 Å². The van der Waals surface area contributed by atoms with Gasteiger partial charge < -0.3 is 4.90 Å². The fraction of sp³-hybridized carbons (Fsp3) is 0.348. The molecule has 0 radical (unpaired) electrons. The quantitative estimate of drug-likeness (QED) is 0.767. The minimum absolute atomic E-state index is 0.0722. The second-order valence-electron chi connectivity index (χ2n) is 7.36. The molecular weight excluding hydrogens is 350 g/mol. The molecule has 1 heterocycles. The lowest BCUT2D eigenvalue weighted by atomic mass is 10.1. The highest BCUT2D eigenvalue weighted by atomic mass is 16.2. The van der Waals surface area contributed by atoms with Crippen molar-refractivity contribution in [2.24, 2.45) is 5.10 Å². The summed E-state index contributed by atoms with van der Waals surface area (Å²) in [6, 6.07) is 16.2. The standard InChI is InChI=1S/C23H27N3O2/c1-17-11-12-18(2)21(16-17)26-22(27)14-13-20(24-26)23(28)25(3)15-7-10-19-8-5-4-6-9-19/h4-6,8-9,11-12,16H,7,10,13-15H2,1-3H3. The lowest BCUT2D eigenvalue weighted by molar-refractivity contribution is -0.123. The maximum Gasteiger partial charge on any atom is 0.269 e. The van der Waals surface area contributed by atoms with Crippen molar-refractivity contribution in [3.8, 4) is 0 Å². The molecule has 5 nitrogen and oxygen atoms in total. The van der Waals surface area contributed by atoms with Gasteiger partial charge in [-0.05, 0) is 49.4 Å². The Kier molecular flexibility index (Phi) is 6.24. The Balaban J connectivity index is 1.68. The zero-order chi connectivity index (χ0) is 20.1. The van der Waals surface area contributed by atoms with E-state index < -0.39 is 0 Å². The molecule has 3 rings (SSSR count). The third kappa shape index (κ3) is 4.66. The van der Waals surface area contributed by atoms with Crippen LogP contribution in [0.4, 0.5) is 5.69 Å². The monoisotopic (exact) mass is 377 g/mol. The van der Waals surface area contributed by atoms with Gasteiger partial charge in [-0.25, -0.2) is 5.01 Å². The summed E-state index contributed by atoms with van der Waals surface area (Å²) >= 11 is 0. The van der Waals surface area contributed by atoms with E-state index in [9.17, 15) is 9.59 Å². The van der Waals surface area contributed by atoms with Crippen molar-refractivity contribution in [1.29, 1.82) is 0 Å². The zero-order valence-corrected chi connectivity index (χ0v) is 16.8. The number of hydrazone groups is 1. The van der Waals surface area contributed by atoms with E-state index >= 15 is 0 Å². The predicted molar refractivity (Wildman–Crippen MR) is 112 cm³/mol. The van der Waals surface area contributed by atoms with Crippen LogP contribution < -0.4 is 5.01 Å². The second-order valence-corrected chi connectivity index (χ2v) is 7.36. The summed E-state index contributed by atoms with van der Waals surface area (Å²) in [6.07, 6.45) is 2.51. The maximum absolute atomic E-state index is 12.8. The molecule has 0 fully saturated rings. The van der Waals surface area contributed by atoms with Crippen LogP contribution in [0.5, 0.6) is 0 Å².